The first-order valence-corrected chi connectivity index (χ1v) is 4.51. The molecule has 0 amide bonds. The maximum Gasteiger partial charge on any atom is 0.136 e. The Balaban J connectivity index is 2.19. The Morgan fingerprint density at radius 3 is 2.64 bits per heavy atom. The van der Waals surface area contributed by atoms with Crippen LogP contribution >= 0.6 is 0 Å². The van der Waals surface area contributed by atoms with Gasteiger partial charge in [0, 0.05) is 6.42 Å². The molecular formula is C11H11N3. The van der Waals surface area contributed by atoms with E-state index in [1.165, 1.54) is 23.8 Å². The van der Waals surface area contributed by atoms with Gasteiger partial charge in [0.15, 0.2) is 0 Å². The topological polar surface area (TPSA) is 38.7 Å². The van der Waals surface area contributed by atoms with E-state index in [4.69, 9.17) is 0 Å². The van der Waals surface area contributed by atoms with Crippen molar-refractivity contribution in [3.63, 3.8) is 0 Å². The highest BCUT2D eigenvalue weighted by molar-refractivity contribution is 5.24. The van der Waals surface area contributed by atoms with Crippen LogP contribution in [0.5, 0.6) is 0 Å². The Kier molecular flexibility index (Phi) is 2.49. The molecule has 1 aromatic heterocycles. The van der Waals surface area contributed by atoms with E-state index in [1.54, 1.807) is 0 Å². The van der Waals surface area contributed by atoms with Crippen molar-refractivity contribution in [3.05, 3.63) is 53.9 Å². The van der Waals surface area contributed by atoms with Gasteiger partial charge in [-0.15, -0.1) is 0 Å². The third-order valence-corrected chi connectivity index (χ3v) is 1.99. The second-order valence-corrected chi connectivity index (χ2v) is 3.22. The largest absolute Gasteiger partial charge is 0.225 e. The quantitative estimate of drug-likeness (QED) is 0.715. The third-order valence-electron chi connectivity index (χ3n) is 1.99. The summed E-state index contributed by atoms with van der Waals surface area (Å²) < 4.78 is 0. The zero-order valence-corrected chi connectivity index (χ0v) is 8.01. The van der Waals surface area contributed by atoms with Gasteiger partial charge in [-0.05, 0) is 12.5 Å². The maximum absolute atomic E-state index is 4.08. The van der Waals surface area contributed by atoms with Crippen LogP contribution in [0.25, 0.3) is 0 Å². The zero-order chi connectivity index (χ0) is 9.80. The highest BCUT2D eigenvalue weighted by Gasteiger charge is 1.97. The Bertz CT molecular complexity index is 412. The predicted octanol–water partition coefficient (Wildman–Crippen LogP) is 1.77. The average Bonchev–Trinajstić information content (AvgIpc) is 2.19. The molecule has 0 fully saturated rings. The SMILES string of the molecule is Cc1cccc(Cc2ncncn2)c1. The minimum Gasteiger partial charge on any atom is -0.225 e. The Morgan fingerprint density at radius 1 is 1.14 bits per heavy atom. The van der Waals surface area contributed by atoms with Gasteiger partial charge in [0.25, 0.3) is 0 Å². The summed E-state index contributed by atoms with van der Waals surface area (Å²) in [5.74, 6) is 0.811. The lowest BCUT2D eigenvalue weighted by Gasteiger charge is -2.00. The highest BCUT2D eigenvalue weighted by Crippen LogP contribution is 2.07. The molecule has 0 aliphatic rings. The molecule has 1 aromatic carbocycles. The van der Waals surface area contributed by atoms with Crippen LogP contribution < -0.4 is 0 Å². The van der Waals surface area contributed by atoms with E-state index >= 15 is 0 Å². The minimum atomic E-state index is 0.768. The number of nitrogens with zero attached hydrogens (tertiary/aromatic N) is 3. The Hall–Kier alpha value is -1.77. The van der Waals surface area contributed by atoms with Crippen LogP contribution in [0.3, 0.4) is 0 Å². The Labute approximate surface area is 82.9 Å². The molecule has 2 aromatic rings. The minimum absolute atomic E-state index is 0.768. The lowest BCUT2D eigenvalue weighted by Crippen LogP contribution is -1.96. The molecule has 70 valence electrons. The summed E-state index contributed by atoms with van der Waals surface area (Å²) in [6, 6.07) is 8.35. The van der Waals surface area contributed by atoms with Crippen molar-refractivity contribution >= 4 is 0 Å². The van der Waals surface area contributed by atoms with Gasteiger partial charge in [0.2, 0.25) is 0 Å². The Morgan fingerprint density at radius 2 is 1.93 bits per heavy atom. The van der Waals surface area contributed by atoms with Gasteiger partial charge >= 0.3 is 0 Å². The van der Waals surface area contributed by atoms with Crippen LogP contribution in [0.4, 0.5) is 0 Å². The summed E-state index contributed by atoms with van der Waals surface area (Å²) in [5, 5.41) is 0. The standard InChI is InChI=1S/C11H11N3/c1-9-3-2-4-10(5-9)6-11-13-7-12-8-14-11/h2-5,7-8H,6H2,1H3. The van der Waals surface area contributed by atoms with Crippen molar-refractivity contribution in [1.29, 1.82) is 0 Å². The molecule has 0 atom stereocenters. The summed E-state index contributed by atoms with van der Waals surface area (Å²) in [7, 11) is 0. The fourth-order valence-corrected chi connectivity index (χ4v) is 1.36. The van der Waals surface area contributed by atoms with Crippen LogP contribution in [0.2, 0.25) is 0 Å². The van der Waals surface area contributed by atoms with Crippen LogP contribution in [0.1, 0.15) is 17.0 Å². The van der Waals surface area contributed by atoms with Crippen LogP contribution in [0.15, 0.2) is 36.9 Å². The van der Waals surface area contributed by atoms with E-state index in [1.807, 2.05) is 6.07 Å². The molecule has 0 bridgehead atoms. The first-order valence-electron chi connectivity index (χ1n) is 4.51. The molecule has 0 saturated carbocycles. The molecule has 0 spiro atoms. The van der Waals surface area contributed by atoms with Gasteiger partial charge in [-0.2, -0.15) is 0 Å². The second-order valence-electron chi connectivity index (χ2n) is 3.22. The molecule has 2 rings (SSSR count). The molecule has 0 saturated heterocycles. The number of aromatic nitrogens is 3. The zero-order valence-electron chi connectivity index (χ0n) is 8.01. The molecule has 0 radical (unpaired) electrons. The summed E-state index contributed by atoms with van der Waals surface area (Å²) >= 11 is 0. The lowest BCUT2D eigenvalue weighted by molar-refractivity contribution is 0.917. The van der Waals surface area contributed by atoms with Crippen LogP contribution in [-0.2, 0) is 6.42 Å². The van der Waals surface area contributed by atoms with Crippen molar-refractivity contribution in [2.75, 3.05) is 0 Å². The summed E-state index contributed by atoms with van der Waals surface area (Å²) in [6.45, 7) is 2.08. The van der Waals surface area contributed by atoms with Crippen LogP contribution in [0, 0.1) is 6.92 Å². The van der Waals surface area contributed by atoms with Crippen molar-refractivity contribution < 1.29 is 0 Å². The van der Waals surface area contributed by atoms with Crippen molar-refractivity contribution in [1.82, 2.24) is 15.0 Å². The van der Waals surface area contributed by atoms with Crippen molar-refractivity contribution in [2.45, 2.75) is 13.3 Å². The number of hydrogen-bond acceptors (Lipinski definition) is 3. The summed E-state index contributed by atoms with van der Waals surface area (Å²) in [6.07, 6.45) is 3.82. The van der Waals surface area contributed by atoms with E-state index in [9.17, 15) is 0 Å². The average molecular weight is 185 g/mol. The maximum atomic E-state index is 4.08. The van der Waals surface area contributed by atoms with Crippen molar-refractivity contribution in [3.8, 4) is 0 Å². The lowest BCUT2D eigenvalue weighted by atomic mass is 10.1. The van der Waals surface area contributed by atoms with E-state index in [2.05, 4.69) is 40.1 Å². The monoisotopic (exact) mass is 185 g/mol. The van der Waals surface area contributed by atoms with E-state index in [0.717, 1.165) is 12.2 Å². The number of rotatable bonds is 2. The summed E-state index contributed by atoms with van der Waals surface area (Å²) in [5.41, 5.74) is 2.49. The first kappa shape index (κ1) is 8.81. The molecule has 3 nitrogen and oxygen atoms in total. The van der Waals surface area contributed by atoms with Gasteiger partial charge in [-0.3, -0.25) is 0 Å². The van der Waals surface area contributed by atoms with Crippen LogP contribution in [-0.4, -0.2) is 15.0 Å². The molecule has 0 aliphatic heterocycles. The number of hydrogen-bond donors (Lipinski definition) is 0. The first-order chi connectivity index (χ1) is 6.84. The van der Waals surface area contributed by atoms with E-state index in [0.29, 0.717) is 0 Å². The fraction of sp³-hybridized carbons (Fsp3) is 0.182. The molecule has 0 aliphatic carbocycles. The molecule has 0 N–H and O–H groups in total. The molecule has 3 heteroatoms. The molecule has 14 heavy (non-hydrogen) atoms. The predicted molar refractivity (Wildman–Crippen MR) is 53.8 cm³/mol. The third kappa shape index (κ3) is 2.13. The van der Waals surface area contributed by atoms with E-state index < -0.39 is 0 Å². The highest BCUT2D eigenvalue weighted by atomic mass is 15.0. The summed E-state index contributed by atoms with van der Waals surface area (Å²) in [4.78, 5) is 11.9. The molecule has 0 unspecified atom stereocenters. The van der Waals surface area contributed by atoms with E-state index in [-0.39, 0.29) is 0 Å². The fourth-order valence-electron chi connectivity index (χ4n) is 1.36. The smallest absolute Gasteiger partial charge is 0.136 e. The van der Waals surface area contributed by atoms with Gasteiger partial charge in [-0.1, -0.05) is 29.8 Å². The van der Waals surface area contributed by atoms with Crippen molar-refractivity contribution in [2.24, 2.45) is 0 Å². The molecular weight excluding hydrogens is 174 g/mol. The van der Waals surface area contributed by atoms with Gasteiger partial charge in [-0.25, -0.2) is 15.0 Å². The number of benzene rings is 1. The second kappa shape index (κ2) is 3.96. The number of aryl methyl sites for hydroxylation is 1. The normalized spacial score (nSPS) is 10.1. The van der Waals surface area contributed by atoms with Gasteiger partial charge in [0.05, 0.1) is 0 Å². The molecule has 1 heterocycles. The van der Waals surface area contributed by atoms with Gasteiger partial charge in [0.1, 0.15) is 18.5 Å². The van der Waals surface area contributed by atoms with Gasteiger partial charge < -0.3 is 0 Å².